The molecule has 216 valence electrons. The SMILES string of the molecule is CN(C)c1ccc(/C=C/c2ccc3cc(/C=C/c4ccc5cc(/C=C/c6ccc(N(C)C)cc6)ccc5c4)ccc3c2)cc1. The Morgan fingerprint density at radius 3 is 0.773 bits per heavy atom. The first-order valence-electron chi connectivity index (χ1n) is 15.1. The van der Waals surface area contributed by atoms with Crippen molar-refractivity contribution < 1.29 is 0 Å². The quantitative estimate of drug-likeness (QED) is 0.168. The third-order valence-corrected chi connectivity index (χ3v) is 8.00. The van der Waals surface area contributed by atoms with Crippen LogP contribution in [0.25, 0.3) is 58.0 Å². The summed E-state index contributed by atoms with van der Waals surface area (Å²) in [5.41, 5.74) is 9.60. The van der Waals surface area contributed by atoms with Gasteiger partial charge in [0.1, 0.15) is 0 Å². The van der Waals surface area contributed by atoms with Gasteiger partial charge in [-0.2, -0.15) is 0 Å². The smallest absolute Gasteiger partial charge is 0.0361 e. The molecular formula is C42H38N2. The molecule has 0 heterocycles. The second kappa shape index (κ2) is 12.9. The zero-order chi connectivity index (χ0) is 30.5. The monoisotopic (exact) mass is 570 g/mol. The molecule has 0 unspecified atom stereocenters. The van der Waals surface area contributed by atoms with Crippen molar-refractivity contribution in [2.45, 2.75) is 0 Å². The lowest BCUT2D eigenvalue weighted by molar-refractivity contribution is 1.13. The predicted molar refractivity (Wildman–Crippen MR) is 196 cm³/mol. The fraction of sp³-hybridized carbons (Fsp3) is 0.0952. The molecule has 0 aliphatic heterocycles. The van der Waals surface area contributed by atoms with Gasteiger partial charge in [0.05, 0.1) is 0 Å². The molecule has 2 heteroatoms. The Labute approximate surface area is 261 Å². The Hall–Kier alpha value is -5.34. The Kier molecular flexibility index (Phi) is 8.43. The number of anilines is 2. The number of hydrogen-bond donors (Lipinski definition) is 0. The summed E-state index contributed by atoms with van der Waals surface area (Å²) in [4.78, 5) is 4.23. The average Bonchev–Trinajstić information content (AvgIpc) is 3.05. The molecule has 0 aliphatic carbocycles. The Balaban J connectivity index is 1.12. The second-order valence-electron chi connectivity index (χ2n) is 11.7. The van der Waals surface area contributed by atoms with Gasteiger partial charge in [-0.05, 0) is 103 Å². The molecule has 6 aromatic carbocycles. The van der Waals surface area contributed by atoms with Gasteiger partial charge in [-0.3, -0.25) is 0 Å². The first-order valence-corrected chi connectivity index (χ1v) is 15.1. The van der Waals surface area contributed by atoms with Crippen LogP contribution in [0, 0.1) is 0 Å². The fourth-order valence-electron chi connectivity index (χ4n) is 5.32. The molecule has 6 aromatic rings. The molecular weight excluding hydrogens is 532 g/mol. The van der Waals surface area contributed by atoms with E-state index in [1.807, 2.05) is 0 Å². The maximum absolute atomic E-state index is 2.26. The molecule has 0 aliphatic rings. The summed E-state index contributed by atoms with van der Waals surface area (Å²) >= 11 is 0. The van der Waals surface area contributed by atoms with Gasteiger partial charge in [-0.1, -0.05) is 109 Å². The first-order chi connectivity index (χ1) is 21.4. The number of rotatable bonds is 8. The second-order valence-corrected chi connectivity index (χ2v) is 11.7. The van der Waals surface area contributed by atoms with Crippen molar-refractivity contribution in [2.75, 3.05) is 38.0 Å². The molecule has 0 atom stereocenters. The molecule has 0 amide bonds. The number of hydrogen-bond acceptors (Lipinski definition) is 2. The van der Waals surface area contributed by atoms with E-state index in [9.17, 15) is 0 Å². The van der Waals surface area contributed by atoms with Crippen LogP contribution >= 0.6 is 0 Å². The highest BCUT2D eigenvalue weighted by Gasteiger charge is 2.00. The van der Waals surface area contributed by atoms with Gasteiger partial charge in [0.15, 0.2) is 0 Å². The molecule has 0 saturated carbocycles. The van der Waals surface area contributed by atoms with Crippen LogP contribution in [0.1, 0.15) is 33.4 Å². The van der Waals surface area contributed by atoms with Crippen molar-refractivity contribution in [3.8, 4) is 0 Å². The molecule has 0 saturated heterocycles. The van der Waals surface area contributed by atoms with E-state index in [1.54, 1.807) is 0 Å². The van der Waals surface area contributed by atoms with E-state index in [0.717, 1.165) is 0 Å². The van der Waals surface area contributed by atoms with Crippen LogP contribution in [0.2, 0.25) is 0 Å². The molecule has 2 nitrogen and oxygen atoms in total. The van der Waals surface area contributed by atoms with Gasteiger partial charge in [0.25, 0.3) is 0 Å². The highest BCUT2D eigenvalue weighted by molar-refractivity contribution is 5.91. The van der Waals surface area contributed by atoms with Crippen LogP contribution in [0.3, 0.4) is 0 Å². The van der Waals surface area contributed by atoms with E-state index in [0.29, 0.717) is 0 Å². The minimum Gasteiger partial charge on any atom is -0.378 e. The third kappa shape index (κ3) is 6.99. The van der Waals surface area contributed by atoms with E-state index in [1.165, 1.54) is 66.3 Å². The maximum Gasteiger partial charge on any atom is 0.0361 e. The van der Waals surface area contributed by atoms with Crippen molar-refractivity contribution in [1.29, 1.82) is 0 Å². The van der Waals surface area contributed by atoms with E-state index in [2.05, 4.69) is 196 Å². The van der Waals surface area contributed by atoms with Gasteiger partial charge < -0.3 is 9.80 Å². The lowest BCUT2D eigenvalue weighted by Gasteiger charge is -2.11. The Morgan fingerprint density at radius 1 is 0.295 bits per heavy atom. The van der Waals surface area contributed by atoms with E-state index in [-0.39, 0.29) is 0 Å². The lowest BCUT2D eigenvalue weighted by atomic mass is 10.0. The first kappa shape index (κ1) is 28.8. The Bertz CT molecular complexity index is 1840. The van der Waals surface area contributed by atoms with Crippen LogP contribution in [0.15, 0.2) is 121 Å². The lowest BCUT2D eigenvalue weighted by Crippen LogP contribution is -2.07. The Morgan fingerprint density at radius 2 is 0.523 bits per heavy atom. The summed E-state index contributed by atoms with van der Waals surface area (Å²) in [6.45, 7) is 0. The maximum atomic E-state index is 2.26. The summed E-state index contributed by atoms with van der Waals surface area (Å²) in [5.74, 6) is 0. The van der Waals surface area contributed by atoms with Crippen LogP contribution in [-0.2, 0) is 0 Å². The van der Waals surface area contributed by atoms with Gasteiger partial charge in [0, 0.05) is 39.6 Å². The molecule has 0 fully saturated rings. The summed E-state index contributed by atoms with van der Waals surface area (Å²) in [5, 5.41) is 4.97. The summed E-state index contributed by atoms with van der Waals surface area (Å²) < 4.78 is 0. The fourth-order valence-corrected chi connectivity index (χ4v) is 5.32. The van der Waals surface area contributed by atoms with Crippen LogP contribution in [0.5, 0.6) is 0 Å². The molecule has 0 bridgehead atoms. The normalized spacial score (nSPS) is 11.8. The van der Waals surface area contributed by atoms with Crippen LogP contribution in [-0.4, -0.2) is 28.2 Å². The standard InChI is InChI=1S/C42H38N2/c1-43(2)41-23-15-31(16-24-41)5-7-33-11-19-39-29-35(13-21-37(39)27-33)9-10-36-14-22-38-28-34(12-20-40(38)30-36)8-6-32-17-25-42(26-18-32)44(3)4/h5-30H,1-4H3/b7-5+,8-6+,10-9+. The van der Waals surface area contributed by atoms with Gasteiger partial charge in [0.2, 0.25) is 0 Å². The highest BCUT2D eigenvalue weighted by Crippen LogP contribution is 2.24. The van der Waals surface area contributed by atoms with Crippen molar-refractivity contribution in [2.24, 2.45) is 0 Å². The predicted octanol–water partition coefficient (Wildman–Crippen LogP) is 10.6. The van der Waals surface area contributed by atoms with Crippen molar-refractivity contribution >= 4 is 69.4 Å². The number of benzene rings is 6. The summed E-state index contributed by atoms with van der Waals surface area (Å²) in [6, 6.07) is 43.8. The minimum atomic E-state index is 1.20. The van der Waals surface area contributed by atoms with Crippen molar-refractivity contribution in [3.05, 3.63) is 155 Å². The number of fused-ring (bicyclic) bond motifs is 2. The van der Waals surface area contributed by atoms with E-state index < -0.39 is 0 Å². The van der Waals surface area contributed by atoms with E-state index in [4.69, 9.17) is 0 Å². The molecule has 0 spiro atoms. The van der Waals surface area contributed by atoms with Gasteiger partial charge in [-0.25, -0.2) is 0 Å². The van der Waals surface area contributed by atoms with Crippen LogP contribution < -0.4 is 9.80 Å². The zero-order valence-electron chi connectivity index (χ0n) is 25.9. The van der Waals surface area contributed by atoms with Crippen molar-refractivity contribution in [1.82, 2.24) is 0 Å². The van der Waals surface area contributed by atoms with Gasteiger partial charge >= 0.3 is 0 Å². The topological polar surface area (TPSA) is 6.48 Å². The average molecular weight is 571 g/mol. The molecule has 0 aromatic heterocycles. The van der Waals surface area contributed by atoms with Crippen LogP contribution in [0.4, 0.5) is 11.4 Å². The summed E-state index contributed by atoms with van der Waals surface area (Å²) in [6.07, 6.45) is 13.1. The molecule has 0 radical (unpaired) electrons. The third-order valence-electron chi connectivity index (χ3n) is 8.00. The highest BCUT2D eigenvalue weighted by atomic mass is 15.1. The number of nitrogens with zero attached hydrogens (tertiary/aromatic N) is 2. The molecule has 0 N–H and O–H groups in total. The largest absolute Gasteiger partial charge is 0.378 e. The summed E-state index contributed by atoms with van der Waals surface area (Å²) in [7, 11) is 8.25. The van der Waals surface area contributed by atoms with E-state index >= 15 is 0 Å². The molecule has 44 heavy (non-hydrogen) atoms. The minimum absolute atomic E-state index is 1.20. The van der Waals surface area contributed by atoms with Crippen molar-refractivity contribution in [3.63, 3.8) is 0 Å². The molecule has 6 rings (SSSR count). The van der Waals surface area contributed by atoms with Gasteiger partial charge in [-0.15, -0.1) is 0 Å². The zero-order valence-corrected chi connectivity index (χ0v) is 25.9.